The van der Waals surface area contributed by atoms with Crippen molar-refractivity contribution in [2.24, 2.45) is 5.41 Å². The topological polar surface area (TPSA) is 23.5 Å². The Morgan fingerprint density at radius 1 is 1.28 bits per heavy atom. The van der Waals surface area contributed by atoms with Gasteiger partial charge in [-0.3, -0.25) is 0 Å². The van der Waals surface area contributed by atoms with Crippen LogP contribution in [0.2, 0.25) is 0 Å². The molecule has 0 spiro atoms. The zero-order chi connectivity index (χ0) is 13.3. The molecule has 0 saturated carbocycles. The molecule has 1 saturated heterocycles. The lowest BCUT2D eigenvalue weighted by molar-refractivity contribution is 0.199. The molecule has 100 valence electrons. The number of anilines is 1. The minimum Gasteiger partial charge on any atom is -0.389 e. The molecule has 1 fully saturated rings. The predicted octanol–water partition coefficient (Wildman–Crippen LogP) is 4.13. The Morgan fingerprint density at radius 2 is 1.89 bits per heavy atom. The van der Waals surface area contributed by atoms with E-state index in [-0.39, 0.29) is 0 Å². The first-order chi connectivity index (χ1) is 8.39. The quantitative estimate of drug-likeness (QED) is 0.887. The molecular weight excluding hydrogens is 290 g/mol. The molecule has 0 aromatic heterocycles. The summed E-state index contributed by atoms with van der Waals surface area (Å²) in [5.41, 5.74) is 2.68. The number of aliphatic hydroxyl groups is 1. The predicted molar refractivity (Wildman–Crippen MR) is 80.0 cm³/mol. The molecule has 1 atom stereocenters. The molecule has 0 amide bonds. The molecule has 18 heavy (non-hydrogen) atoms. The van der Waals surface area contributed by atoms with E-state index in [1.54, 1.807) is 6.92 Å². The van der Waals surface area contributed by atoms with Crippen LogP contribution in [0, 0.1) is 5.41 Å². The van der Waals surface area contributed by atoms with E-state index in [0.29, 0.717) is 5.41 Å². The van der Waals surface area contributed by atoms with Crippen molar-refractivity contribution in [2.45, 2.75) is 39.7 Å². The second-order valence-corrected chi connectivity index (χ2v) is 6.89. The zero-order valence-corrected chi connectivity index (χ0v) is 13.0. The van der Waals surface area contributed by atoms with E-state index in [0.717, 1.165) is 23.1 Å². The zero-order valence-electron chi connectivity index (χ0n) is 11.4. The van der Waals surface area contributed by atoms with Crippen LogP contribution in [0.5, 0.6) is 0 Å². The summed E-state index contributed by atoms with van der Waals surface area (Å²) >= 11 is 3.63. The highest BCUT2D eigenvalue weighted by atomic mass is 79.9. The van der Waals surface area contributed by atoms with Crippen molar-refractivity contribution >= 4 is 21.6 Å². The fraction of sp³-hybridized carbons (Fsp3) is 0.600. The summed E-state index contributed by atoms with van der Waals surface area (Å²) in [6, 6.07) is 6.16. The summed E-state index contributed by atoms with van der Waals surface area (Å²) in [6.45, 7) is 8.70. The minimum atomic E-state index is -0.407. The molecular formula is C15H22BrNO. The minimum absolute atomic E-state index is 0.407. The second kappa shape index (κ2) is 5.22. The molecule has 1 N–H and O–H groups in total. The molecule has 0 bridgehead atoms. The molecule has 1 aromatic rings. The summed E-state index contributed by atoms with van der Waals surface area (Å²) in [5, 5.41) is 9.58. The summed E-state index contributed by atoms with van der Waals surface area (Å²) in [5.74, 6) is 0. The van der Waals surface area contributed by atoms with Gasteiger partial charge in [0.1, 0.15) is 0 Å². The molecule has 3 heteroatoms. The van der Waals surface area contributed by atoms with Crippen LogP contribution in [0.25, 0.3) is 0 Å². The Bertz CT molecular complexity index is 419. The first kappa shape index (κ1) is 13.9. The Kier molecular flexibility index (Phi) is 4.02. The monoisotopic (exact) mass is 311 g/mol. The van der Waals surface area contributed by atoms with Crippen LogP contribution in [0.1, 0.15) is 45.3 Å². The third-order valence-corrected chi connectivity index (χ3v) is 4.55. The van der Waals surface area contributed by atoms with E-state index >= 15 is 0 Å². The number of benzene rings is 1. The van der Waals surface area contributed by atoms with Crippen molar-refractivity contribution in [3.8, 4) is 0 Å². The first-order valence-corrected chi connectivity index (χ1v) is 7.41. The van der Waals surface area contributed by atoms with Crippen LogP contribution in [0.15, 0.2) is 22.7 Å². The molecule has 1 unspecified atom stereocenters. The van der Waals surface area contributed by atoms with Gasteiger partial charge in [0, 0.05) is 17.6 Å². The van der Waals surface area contributed by atoms with Crippen molar-refractivity contribution in [1.29, 1.82) is 0 Å². The van der Waals surface area contributed by atoms with Gasteiger partial charge in [0.15, 0.2) is 0 Å². The molecule has 2 nitrogen and oxygen atoms in total. The molecule has 2 rings (SSSR count). The van der Waals surface area contributed by atoms with E-state index < -0.39 is 6.10 Å². The Hall–Kier alpha value is -0.540. The highest BCUT2D eigenvalue weighted by Crippen LogP contribution is 2.35. The molecule has 1 heterocycles. The maximum absolute atomic E-state index is 9.58. The third kappa shape index (κ3) is 3.07. The van der Waals surface area contributed by atoms with Gasteiger partial charge in [-0.25, -0.2) is 0 Å². The maximum Gasteiger partial charge on any atom is 0.0762 e. The van der Waals surface area contributed by atoms with E-state index in [1.165, 1.54) is 18.5 Å². The number of halogens is 1. The van der Waals surface area contributed by atoms with Crippen molar-refractivity contribution < 1.29 is 5.11 Å². The highest BCUT2D eigenvalue weighted by molar-refractivity contribution is 9.10. The van der Waals surface area contributed by atoms with Crippen molar-refractivity contribution in [1.82, 2.24) is 0 Å². The van der Waals surface area contributed by atoms with Gasteiger partial charge in [0.25, 0.3) is 0 Å². The summed E-state index contributed by atoms with van der Waals surface area (Å²) in [4.78, 5) is 2.43. The number of nitrogens with zero attached hydrogens (tertiary/aromatic N) is 1. The lowest BCUT2D eigenvalue weighted by Gasteiger charge is -2.38. The van der Waals surface area contributed by atoms with Gasteiger partial charge >= 0.3 is 0 Å². The van der Waals surface area contributed by atoms with Crippen LogP contribution in [-0.2, 0) is 0 Å². The fourth-order valence-electron chi connectivity index (χ4n) is 2.39. The van der Waals surface area contributed by atoms with Crippen LogP contribution < -0.4 is 4.90 Å². The average molecular weight is 312 g/mol. The van der Waals surface area contributed by atoms with Crippen LogP contribution in [-0.4, -0.2) is 18.2 Å². The second-order valence-electron chi connectivity index (χ2n) is 6.04. The molecule has 1 aliphatic heterocycles. The van der Waals surface area contributed by atoms with Crippen LogP contribution in [0.4, 0.5) is 5.69 Å². The molecule has 0 radical (unpaired) electrons. The maximum atomic E-state index is 9.58. The average Bonchev–Trinajstić information content (AvgIpc) is 2.29. The van der Waals surface area contributed by atoms with Gasteiger partial charge in [-0.15, -0.1) is 0 Å². The van der Waals surface area contributed by atoms with Crippen molar-refractivity contribution in [3.05, 3.63) is 28.2 Å². The van der Waals surface area contributed by atoms with E-state index in [1.807, 2.05) is 12.1 Å². The first-order valence-electron chi connectivity index (χ1n) is 6.61. The van der Waals surface area contributed by atoms with E-state index in [4.69, 9.17) is 0 Å². The van der Waals surface area contributed by atoms with Gasteiger partial charge in [0.05, 0.1) is 11.8 Å². The van der Waals surface area contributed by atoms with Crippen LogP contribution >= 0.6 is 15.9 Å². The Balaban J connectivity index is 2.15. The lowest BCUT2D eigenvalue weighted by atomic mass is 9.82. The number of piperidine rings is 1. The Labute approximate surface area is 118 Å². The number of hydrogen-bond donors (Lipinski definition) is 1. The third-order valence-electron chi connectivity index (χ3n) is 3.91. The molecule has 1 aliphatic rings. The lowest BCUT2D eigenvalue weighted by Crippen LogP contribution is -2.37. The summed E-state index contributed by atoms with van der Waals surface area (Å²) in [6.07, 6.45) is 2.06. The number of rotatable bonds is 2. The molecule has 0 aliphatic carbocycles. The number of hydrogen-bond acceptors (Lipinski definition) is 2. The standard InChI is InChI=1S/C15H22BrNO/c1-11(18)12-4-5-14(13(16)10-12)17-8-6-15(2,3)7-9-17/h4-5,10-11,18H,6-9H2,1-3H3. The van der Waals surface area contributed by atoms with Gasteiger partial charge in [-0.2, -0.15) is 0 Å². The SMILES string of the molecule is CC(O)c1ccc(N2CCC(C)(C)CC2)c(Br)c1. The van der Waals surface area contributed by atoms with Crippen molar-refractivity contribution in [2.75, 3.05) is 18.0 Å². The largest absolute Gasteiger partial charge is 0.389 e. The Morgan fingerprint density at radius 3 is 2.39 bits per heavy atom. The summed E-state index contributed by atoms with van der Waals surface area (Å²) < 4.78 is 1.08. The van der Waals surface area contributed by atoms with Crippen LogP contribution in [0.3, 0.4) is 0 Å². The fourth-order valence-corrected chi connectivity index (χ4v) is 3.04. The normalized spacial score (nSPS) is 20.8. The van der Waals surface area contributed by atoms with Gasteiger partial charge < -0.3 is 10.0 Å². The summed E-state index contributed by atoms with van der Waals surface area (Å²) in [7, 11) is 0. The highest BCUT2D eigenvalue weighted by Gasteiger charge is 2.26. The van der Waals surface area contributed by atoms with Gasteiger partial charge in [-0.1, -0.05) is 19.9 Å². The van der Waals surface area contributed by atoms with Crippen molar-refractivity contribution in [3.63, 3.8) is 0 Å². The van der Waals surface area contributed by atoms with Gasteiger partial charge in [0.2, 0.25) is 0 Å². The molecule has 1 aromatic carbocycles. The number of aliphatic hydroxyl groups excluding tert-OH is 1. The van der Waals surface area contributed by atoms with E-state index in [9.17, 15) is 5.11 Å². The van der Waals surface area contributed by atoms with Gasteiger partial charge in [-0.05, 0) is 58.8 Å². The smallest absolute Gasteiger partial charge is 0.0762 e. The van der Waals surface area contributed by atoms with E-state index in [2.05, 4.69) is 40.7 Å².